The summed E-state index contributed by atoms with van der Waals surface area (Å²) in [4.78, 5) is 13.6. The second-order valence-electron chi connectivity index (χ2n) is 6.52. The first kappa shape index (κ1) is 17.0. The number of amides is 1. The number of aromatic nitrogens is 2. The topological polar surface area (TPSA) is 50.2 Å². The second-order valence-corrected chi connectivity index (χ2v) is 7.54. The molecule has 5 nitrogen and oxygen atoms in total. The Bertz CT molecular complexity index is 715. The number of hydrogen-bond acceptors (Lipinski definition) is 3. The van der Waals surface area contributed by atoms with Crippen LogP contribution in [0.5, 0.6) is 0 Å². The maximum atomic E-state index is 11.7. The van der Waals surface area contributed by atoms with Gasteiger partial charge in [-0.05, 0) is 30.9 Å². The van der Waals surface area contributed by atoms with Crippen LogP contribution in [0.4, 0.5) is 5.82 Å². The molecule has 128 valence electrons. The third-order valence-corrected chi connectivity index (χ3v) is 4.72. The molecule has 0 radical (unpaired) electrons. The lowest BCUT2D eigenvalue weighted by molar-refractivity contribution is -0.129. The lowest BCUT2D eigenvalue weighted by atomic mass is 10.1. The summed E-state index contributed by atoms with van der Waals surface area (Å²) in [5, 5.41) is 8.06. The smallest absolute Gasteiger partial charge is 0.219 e. The number of nitrogens with one attached hydrogen (secondary N) is 1. The molecule has 1 aliphatic carbocycles. The highest BCUT2D eigenvalue weighted by Gasteiger charge is 2.29. The first-order valence-electron chi connectivity index (χ1n) is 8.26. The zero-order chi connectivity index (χ0) is 17.3. The van der Waals surface area contributed by atoms with Gasteiger partial charge < -0.3 is 10.2 Å². The summed E-state index contributed by atoms with van der Waals surface area (Å²) in [6.45, 7) is 11.8. The average Bonchev–Trinajstić information content (AvgIpc) is 3.28. The minimum absolute atomic E-state index is 0.107. The Kier molecular flexibility index (Phi) is 4.94. The first-order chi connectivity index (χ1) is 11.4. The molecular weight excluding hydrogens is 368 g/mol. The minimum atomic E-state index is 0.107. The van der Waals surface area contributed by atoms with Crippen LogP contribution in [-0.4, -0.2) is 27.1 Å². The number of halogens is 1. The monoisotopic (exact) mass is 390 g/mol. The SMILES string of the molecule is C=C(Br)/C=C\C(=C)Nc1nn(CC2CC2)c2c1CN(C(C)=O)CC2. The van der Waals surface area contributed by atoms with Crippen molar-refractivity contribution in [1.29, 1.82) is 0 Å². The van der Waals surface area contributed by atoms with Crippen LogP contribution in [0.1, 0.15) is 31.0 Å². The van der Waals surface area contributed by atoms with Gasteiger partial charge in [0.2, 0.25) is 5.91 Å². The molecule has 3 rings (SSSR count). The number of carbonyl (C=O) groups is 1. The fraction of sp³-hybridized carbons (Fsp3) is 0.444. The number of rotatable bonds is 6. The molecule has 24 heavy (non-hydrogen) atoms. The molecular formula is C18H23BrN4O. The van der Waals surface area contributed by atoms with Crippen LogP contribution in [0.2, 0.25) is 0 Å². The number of allylic oxidation sites excluding steroid dienone is 3. The third kappa shape index (κ3) is 3.98. The van der Waals surface area contributed by atoms with E-state index in [-0.39, 0.29) is 5.91 Å². The van der Waals surface area contributed by atoms with E-state index in [1.165, 1.54) is 18.5 Å². The zero-order valence-electron chi connectivity index (χ0n) is 14.0. The van der Waals surface area contributed by atoms with E-state index in [1.54, 1.807) is 6.92 Å². The summed E-state index contributed by atoms with van der Waals surface area (Å²) in [7, 11) is 0. The van der Waals surface area contributed by atoms with Gasteiger partial charge in [-0.25, -0.2) is 0 Å². The number of hydrogen-bond donors (Lipinski definition) is 1. The van der Waals surface area contributed by atoms with Crippen molar-refractivity contribution >= 4 is 27.7 Å². The molecule has 1 aliphatic heterocycles. The van der Waals surface area contributed by atoms with Crippen LogP contribution in [0, 0.1) is 5.92 Å². The lowest BCUT2D eigenvalue weighted by Gasteiger charge is -2.26. The number of carbonyl (C=O) groups excluding carboxylic acids is 1. The van der Waals surface area contributed by atoms with Gasteiger partial charge in [0.25, 0.3) is 0 Å². The Labute approximate surface area is 151 Å². The first-order valence-corrected chi connectivity index (χ1v) is 9.06. The molecule has 0 bridgehead atoms. The van der Waals surface area contributed by atoms with Gasteiger partial charge in [-0.15, -0.1) is 0 Å². The number of fused-ring (bicyclic) bond motifs is 1. The normalized spacial score (nSPS) is 17.0. The van der Waals surface area contributed by atoms with Crippen LogP contribution < -0.4 is 5.32 Å². The van der Waals surface area contributed by atoms with Crippen LogP contribution >= 0.6 is 15.9 Å². The van der Waals surface area contributed by atoms with Gasteiger partial charge in [0.05, 0.1) is 6.54 Å². The molecule has 6 heteroatoms. The summed E-state index contributed by atoms with van der Waals surface area (Å²) in [6.07, 6.45) is 7.14. The summed E-state index contributed by atoms with van der Waals surface area (Å²) in [5.41, 5.74) is 3.11. The van der Waals surface area contributed by atoms with E-state index >= 15 is 0 Å². The molecule has 1 N–H and O–H groups in total. The molecule has 0 saturated heterocycles. The van der Waals surface area contributed by atoms with Gasteiger partial charge >= 0.3 is 0 Å². The van der Waals surface area contributed by atoms with Gasteiger partial charge in [-0.3, -0.25) is 9.48 Å². The van der Waals surface area contributed by atoms with Crippen molar-refractivity contribution in [1.82, 2.24) is 14.7 Å². The molecule has 2 heterocycles. The van der Waals surface area contributed by atoms with Gasteiger partial charge in [0, 0.05) is 47.9 Å². The van der Waals surface area contributed by atoms with E-state index in [0.29, 0.717) is 6.54 Å². The standard InChI is InChI=1S/C18H23BrN4O/c1-12(19)4-5-13(2)20-18-16-11-22(14(3)24)9-8-17(16)23(21-18)10-15-6-7-15/h4-5,15H,1-2,6-11H2,3H3,(H,20,21)/b5-4-. The Morgan fingerprint density at radius 1 is 1.42 bits per heavy atom. The van der Waals surface area contributed by atoms with Crippen molar-refractivity contribution in [2.45, 2.75) is 39.3 Å². The molecule has 0 spiro atoms. The Morgan fingerprint density at radius 3 is 2.79 bits per heavy atom. The van der Waals surface area contributed by atoms with Gasteiger partial charge in [-0.2, -0.15) is 5.10 Å². The fourth-order valence-corrected chi connectivity index (χ4v) is 3.07. The summed E-state index contributed by atoms with van der Waals surface area (Å²) in [5.74, 6) is 1.68. The molecule has 0 aromatic carbocycles. The van der Waals surface area contributed by atoms with Crippen molar-refractivity contribution in [2.75, 3.05) is 11.9 Å². The van der Waals surface area contributed by atoms with Crippen molar-refractivity contribution in [3.05, 3.63) is 46.7 Å². The maximum absolute atomic E-state index is 11.7. The third-order valence-electron chi connectivity index (χ3n) is 4.45. The van der Waals surface area contributed by atoms with Crippen molar-refractivity contribution in [3.8, 4) is 0 Å². The summed E-state index contributed by atoms with van der Waals surface area (Å²) in [6, 6.07) is 0. The number of anilines is 1. The van der Waals surface area contributed by atoms with E-state index < -0.39 is 0 Å². The van der Waals surface area contributed by atoms with Gasteiger partial charge in [0.15, 0.2) is 5.82 Å². The maximum Gasteiger partial charge on any atom is 0.219 e. The van der Waals surface area contributed by atoms with E-state index in [4.69, 9.17) is 5.10 Å². The highest BCUT2D eigenvalue weighted by Crippen LogP contribution is 2.34. The fourth-order valence-electron chi connectivity index (χ4n) is 2.94. The Balaban J connectivity index is 1.84. The summed E-state index contributed by atoms with van der Waals surface area (Å²) < 4.78 is 2.92. The van der Waals surface area contributed by atoms with Crippen LogP contribution in [0.15, 0.2) is 35.5 Å². The Morgan fingerprint density at radius 2 is 2.17 bits per heavy atom. The quantitative estimate of drug-likeness (QED) is 0.755. The van der Waals surface area contributed by atoms with Crippen LogP contribution in [-0.2, 0) is 24.3 Å². The molecule has 1 saturated carbocycles. The number of nitrogens with zero attached hydrogens (tertiary/aromatic N) is 3. The zero-order valence-corrected chi connectivity index (χ0v) is 15.6. The predicted molar refractivity (Wildman–Crippen MR) is 99.7 cm³/mol. The van der Waals surface area contributed by atoms with Gasteiger partial charge in [0.1, 0.15) is 0 Å². The second kappa shape index (κ2) is 6.97. The van der Waals surface area contributed by atoms with Gasteiger partial charge in [-0.1, -0.05) is 29.1 Å². The molecule has 2 aliphatic rings. The average molecular weight is 391 g/mol. The van der Waals surface area contributed by atoms with E-state index in [1.807, 2.05) is 17.1 Å². The van der Waals surface area contributed by atoms with E-state index in [2.05, 4.69) is 39.1 Å². The van der Waals surface area contributed by atoms with Crippen molar-refractivity contribution in [2.24, 2.45) is 5.92 Å². The molecule has 0 atom stereocenters. The summed E-state index contributed by atoms with van der Waals surface area (Å²) >= 11 is 3.30. The van der Waals surface area contributed by atoms with Crippen LogP contribution in [0.25, 0.3) is 0 Å². The van der Waals surface area contributed by atoms with E-state index in [9.17, 15) is 4.79 Å². The predicted octanol–water partition coefficient (Wildman–Crippen LogP) is 3.59. The molecule has 1 amide bonds. The van der Waals surface area contributed by atoms with Crippen LogP contribution in [0.3, 0.4) is 0 Å². The highest BCUT2D eigenvalue weighted by molar-refractivity contribution is 9.11. The van der Waals surface area contributed by atoms with Crippen molar-refractivity contribution < 1.29 is 4.79 Å². The molecule has 0 unspecified atom stereocenters. The minimum Gasteiger partial charge on any atom is -0.339 e. The Hall–Kier alpha value is -1.82. The molecule has 1 aromatic rings. The molecule has 1 fully saturated rings. The highest BCUT2D eigenvalue weighted by atomic mass is 79.9. The van der Waals surface area contributed by atoms with Crippen molar-refractivity contribution in [3.63, 3.8) is 0 Å². The van der Waals surface area contributed by atoms with E-state index in [0.717, 1.165) is 47.0 Å². The largest absolute Gasteiger partial charge is 0.339 e. The lowest BCUT2D eigenvalue weighted by Crippen LogP contribution is -2.34. The molecule has 1 aromatic heterocycles.